The maximum Gasteiger partial charge on any atom is 0.234 e. The molecule has 1 N–H and O–H groups in total. The molecule has 2 rings (SSSR count). The molecule has 0 saturated carbocycles. The predicted octanol–water partition coefficient (Wildman–Crippen LogP) is 2.50. The zero-order valence-electron chi connectivity index (χ0n) is 14.9. The first kappa shape index (κ1) is 18.8. The van der Waals surface area contributed by atoms with Gasteiger partial charge in [-0.1, -0.05) is 30.3 Å². The molecule has 2 aromatic rings. The summed E-state index contributed by atoms with van der Waals surface area (Å²) in [4.78, 5) is 13.8. The largest absolute Gasteiger partial charge is 0.492 e. The molecule has 0 atom stereocenters. The van der Waals surface area contributed by atoms with Crippen LogP contribution in [0, 0.1) is 6.92 Å². The van der Waals surface area contributed by atoms with Crippen LogP contribution in [0.3, 0.4) is 0 Å². The molecule has 25 heavy (non-hydrogen) atoms. The highest BCUT2D eigenvalue weighted by Crippen LogP contribution is 2.11. The van der Waals surface area contributed by atoms with Gasteiger partial charge in [-0.3, -0.25) is 9.69 Å². The number of benzene rings is 2. The second-order valence-electron chi connectivity index (χ2n) is 5.91. The number of hydrogen-bond acceptors (Lipinski definition) is 4. The van der Waals surface area contributed by atoms with E-state index in [1.807, 2.05) is 73.5 Å². The highest BCUT2D eigenvalue weighted by molar-refractivity contribution is 5.77. The van der Waals surface area contributed by atoms with E-state index in [9.17, 15) is 4.79 Å². The molecule has 0 radical (unpaired) electrons. The van der Waals surface area contributed by atoms with E-state index in [4.69, 9.17) is 9.47 Å². The third-order valence-corrected chi connectivity index (χ3v) is 3.58. The highest BCUT2D eigenvalue weighted by Gasteiger charge is 2.06. The molecule has 134 valence electrons. The first-order valence-corrected chi connectivity index (χ1v) is 8.46. The Balaban J connectivity index is 1.55. The van der Waals surface area contributed by atoms with Gasteiger partial charge in [0.1, 0.15) is 24.7 Å². The number of nitrogens with zero attached hydrogens (tertiary/aromatic N) is 1. The van der Waals surface area contributed by atoms with Crippen molar-refractivity contribution in [2.45, 2.75) is 6.92 Å². The van der Waals surface area contributed by atoms with E-state index >= 15 is 0 Å². The predicted molar refractivity (Wildman–Crippen MR) is 99.1 cm³/mol. The van der Waals surface area contributed by atoms with Crippen molar-refractivity contribution in [3.05, 3.63) is 60.2 Å². The number of hydrogen-bond donors (Lipinski definition) is 1. The van der Waals surface area contributed by atoms with E-state index in [-0.39, 0.29) is 5.91 Å². The van der Waals surface area contributed by atoms with Gasteiger partial charge in [-0.15, -0.1) is 0 Å². The molecule has 0 aliphatic carbocycles. The van der Waals surface area contributed by atoms with Crippen molar-refractivity contribution < 1.29 is 14.3 Å². The summed E-state index contributed by atoms with van der Waals surface area (Å²) >= 11 is 0. The van der Waals surface area contributed by atoms with Crippen molar-refractivity contribution in [2.24, 2.45) is 0 Å². The molecule has 0 aromatic heterocycles. The Morgan fingerprint density at radius 2 is 1.72 bits per heavy atom. The summed E-state index contributed by atoms with van der Waals surface area (Å²) < 4.78 is 11.2. The van der Waals surface area contributed by atoms with Gasteiger partial charge in [0, 0.05) is 6.54 Å². The number of rotatable bonds is 10. The fourth-order valence-corrected chi connectivity index (χ4v) is 2.28. The highest BCUT2D eigenvalue weighted by atomic mass is 16.5. The zero-order chi connectivity index (χ0) is 17.9. The Morgan fingerprint density at radius 3 is 2.48 bits per heavy atom. The minimum Gasteiger partial charge on any atom is -0.492 e. The van der Waals surface area contributed by atoms with Crippen LogP contribution in [0.4, 0.5) is 0 Å². The van der Waals surface area contributed by atoms with E-state index in [0.717, 1.165) is 17.1 Å². The van der Waals surface area contributed by atoms with Gasteiger partial charge in [0.25, 0.3) is 0 Å². The zero-order valence-corrected chi connectivity index (χ0v) is 14.9. The SMILES string of the molecule is Cc1cccc(OCCNC(=O)CN(C)CCOc2ccccc2)c1. The van der Waals surface area contributed by atoms with Crippen molar-refractivity contribution in [1.29, 1.82) is 0 Å². The number of aryl methyl sites for hydroxylation is 1. The number of nitrogens with one attached hydrogen (secondary N) is 1. The van der Waals surface area contributed by atoms with Crippen LogP contribution in [0.2, 0.25) is 0 Å². The number of amides is 1. The van der Waals surface area contributed by atoms with E-state index < -0.39 is 0 Å². The Morgan fingerprint density at radius 1 is 1.00 bits per heavy atom. The van der Waals surface area contributed by atoms with Crippen LogP contribution >= 0.6 is 0 Å². The number of para-hydroxylation sites is 1. The van der Waals surface area contributed by atoms with E-state index in [1.165, 1.54) is 0 Å². The molecule has 0 bridgehead atoms. The van der Waals surface area contributed by atoms with Gasteiger partial charge in [-0.2, -0.15) is 0 Å². The standard InChI is InChI=1S/C20H26N2O3/c1-17-7-6-10-19(15-17)24-13-11-21-20(23)16-22(2)12-14-25-18-8-4-3-5-9-18/h3-10,15H,11-14,16H2,1-2H3,(H,21,23). The summed E-state index contributed by atoms with van der Waals surface area (Å²) in [6.07, 6.45) is 0. The third-order valence-electron chi connectivity index (χ3n) is 3.58. The Bertz CT molecular complexity index is 646. The van der Waals surface area contributed by atoms with Crippen molar-refractivity contribution in [3.8, 4) is 11.5 Å². The van der Waals surface area contributed by atoms with Gasteiger partial charge in [-0.05, 0) is 43.8 Å². The lowest BCUT2D eigenvalue weighted by Gasteiger charge is -2.16. The van der Waals surface area contributed by atoms with Crippen LogP contribution in [0.25, 0.3) is 0 Å². The van der Waals surface area contributed by atoms with E-state index in [0.29, 0.717) is 32.8 Å². The second kappa shape index (κ2) is 10.4. The van der Waals surface area contributed by atoms with Crippen LogP contribution in [0.15, 0.2) is 54.6 Å². The van der Waals surface area contributed by atoms with Crippen molar-refractivity contribution >= 4 is 5.91 Å². The van der Waals surface area contributed by atoms with Gasteiger partial charge < -0.3 is 14.8 Å². The Hall–Kier alpha value is -2.53. The van der Waals surface area contributed by atoms with Crippen LogP contribution < -0.4 is 14.8 Å². The van der Waals surface area contributed by atoms with Gasteiger partial charge in [0.2, 0.25) is 5.91 Å². The molecule has 0 aliphatic rings. The van der Waals surface area contributed by atoms with Crippen LogP contribution in [-0.4, -0.2) is 50.7 Å². The molecular weight excluding hydrogens is 316 g/mol. The molecule has 2 aromatic carbocycles. The minimum absolute atomic E-state index is 0.0185. The summed E-state index contributed by atoms with van der Waals surface area (Å²) in [7, 11) is 1.90. The molecule has 0 heterocycles. The third kappa shape index (κ3) is 7.72. The van der Waals surface area contributed by atoms with Gasteiger partial charge in [-0.25, -0.2) is 0 Å². The first-order valence-electron chi connectivity index (χ1n) is 8.46. The topological polar surface area (TPSA) is 50.8 Å². The van der Waals surface area contributed by atoms with Gasteiger partial charge >= 0.3 is 0 Å². The number of likely N-dealkylation sites (N-methyl/N-ethyl adjacent to an activating group) is 1. The molecule has 5 nitrogen and oxygen atoms in total. The Kier molecular flexibility index (Phi) is 7.79. The summed E-state index contributed by atoms with van der Waals surface area (Å²) in [5, 5.41) is 2.86. The molecule has 5 heteroatoms. The van der Waals surface area contributed by atoms with E-state index in [1.54, 1.807) is 0 Å². The molecule has 0 aliphatic heterocycles. The fraction of sp³-hybridized carbons (Fsp3) is 0.350. The normalized spacial score (nSPS) is 10.5. The molecule has 0 fully saturated rings. The maximum atomic E-state index is 11.9. The van der Waals surface area contributed by atoms with Crippen molar-refractivity contribution in [3.63, 3.8) is 0 Å². The first-order chi connectivity index (χ1) is 12.1. The van der Waals surface area contributed by atoms with Crippen molar-refractivity contribution in [1.82, 2.24) is 10.2 Å². The summed E-state index contributed by atoms with van der Waals surface area (Å²) in [5.74, 6) is 1.65. The molecule has 0 saturated heterocycles. The van der Waals surface area contributed by atoms with Gasteiger partial charge in [0.05, 0.1) is 13.1 Å². The molecule has 0 unspecified atom stereocenters. The summed E-state index contributed by atoms with van der Waals surface area (Å²) in [6.45, 7) is 4.53. The number of carbonyl (C=O) groups is 1. The minimum atomic E-state index is -0.0185. The second-order valence-corrected chi connectivity index (χ2v) is 5.91. The van der Waals surface area contributed by atoms with Gasteiger partial charge in [0.15, 0.2) is 0 Å². The van der Waals surface area contributed by atoms with Crippen LogP contribution in [0.5, 0.6) is 11.5 Å². The lowest BCUT2D eigenvalue weighted by atomic mass is 10.2. The monoisotopic (exact) mass is 342 g/mol. The van der Waals surface area contributed by atoms with E-state index in [2.05, 4.69) is 5.32 Å². The Labute approximate surface area is 149 Å². The molecule has 1 amide bonds. The number of carbonyl (C=O) groups excluding carboxylic acids is 1. The lowest BCUT2D eigenvalue weighted by Crippen LogP contribution is -2.38. The average molecular weight is 342 g/mol. The smallest absolute Gasteiger partial charge is 0.234 e. The molecular formula is C20H26N2O3. The fourth-order valence-electron chi connectivity index (χ4n) is 2.28. The maximum absolute atomic E-state index is 11.9. The lowest BCUT2D eigenvalue weighted by molar-refractivity contribution is -0.122. The summed E-state index contributed by atoms with van der Waals surface area (Å²) in [5.41, 5.74) is 1.15. The quantitative estimate of drug-likeness (QED) is 0.674. The summed E-state index contributed by atoms with van der Waals surface area (Å²) in [6, 6.07) is 17.5. The average Bonchev–Trinajstić information content (AvgIpc) is 2.60. The number of ether oxygens (including phenoxy) is 2. The van der Waals surface area contributed by atoms with Crippen LogP contribution in [0.1, 0.15) is 5.56 Å². The van der Waals surface area contributed by atoms with Crippen LogP contribution in [-0.2, 0) is 4.79 Å². The van der Waals surface area contributed by atoms with Crippen molar-refractivity contribution in [2.75, 3.05) is 39.9 Å². The molecule has 0 spiro atoms.